The zero-order valence-electron chi connectivity index (χ0n) is 12.6. The van der Waals surface area contributed by atoms with Crippen molar-refractivity contribution >= 4 is 21.6 Å². The number of ether oxygens (including phenoxy) is 1. The maximum absolute atomic E-state index is 6.15. The molecule has 0 spiro atoms. The van der Waals surface area contributed by atoms with Gasteiger partial charge in [0.05, 0.1) is 12.1 Å². The lowest BCUT2D eigenvalue weighted by Crippen LogP contribution is -2.37. The third-order valence-corrected chi connectivity index (χ3v) is 4.75. The maximum atomic E-state index is 6.15. The smallest absolute Gasteiger partial charge is 0.0750 e. The Balaban J connectivity index is 2.25. The van der Waals surface area contributed by atoms with Gasteiger partial charge in [-0.15, -0.1) is 0 Å². The van der Waals surface area contributed by atoms with Crippen molar-refractivity contribution in [2.75, 3.05) is 18.6 Å². The lowest BCUT2D eigenvalue weighted by molar-refractivity contribution is 0.118. The predicted octanol–water partition coefficient (Wildman–Crippen LogP) is 3.34. The molecule has 1 aromatic rings. The van der Waals surface area contributed by atoms with Crippen LogP contribution in [0.2, 0.25) is 0 Å². The molecule has 3 nitrogen and oxygen atoms in total. The van der Waals surface area contributed by atoms with Gasteiger partial charge >= 0.3 is 0 Å². The zero-order valence-corrected chi connectivity index (χ0v) is 14.2. The minimum atomic E-state index is 0.216. The van der Waals surface area contributed by atoms with E-state index in [0.29, 0.717) is 6.04 Å². The molecule has 112 valence electrons. The van der Waals surface area contributed by atoms with Crippen LogP contribution < -0.4 is 10.6 Å². The number of rotatable bonds is 5. The molecule has 0 saturated carbocycles. The maximum Gasteiger partial charge on any atom is 0.0750 e. The van der Waals surface area contributed by atoms with E-state index >= 15 is 0 Å². The largest absolute Gasteiger partial charge is 0.376 e. The minimum absolute atomic E-state index is 0.216. The summed E-state index contributed by atoms with van der Waals surface area (Å²) in [4.78, 5) is 2.36. The van der Waals surface area contributed by atoms with E-state index in [-0.39, 0.29) is 12.1 Å². The number of likely N-dealkylation sites (N-methyl/N-ethyl adjacent to an activating group) is 1. The molecule has 3 unspecified atom stereocenters. The molecule has 0 radical (unpaired) electrons. The second-order valence-electron chi connectivity index (χ2n) is 5.69. The van der Waals surface area contributed by atoms with Gasteiger partial charge in [0.25, 0.3) is 0 Å². The highest BCUT2D eigenvalue weighted by atomic mass is 79.9. The second-order valence-corrected chi connectivity index (χ2v) is 6.60. The quantitative estimate of drug-likeness (QED) is 0.893. The summed E-state index contributed by atoms with van der Waals surface area (Å²) in [7, 11) is 2.17. The zero-order chi connectivity index (χ0) is 14.7. The molecule has 0 aromatic heterocycles. The van der Waals surface area contributed by atoms with Gasteiger partial charge in [-0.05, 0) is 49.9 Å². The Bertz CT molecular complexity index is 452. The van der Waals surface area contributed by atoms with Crippen molar-refractivity contribution in [1.82, 2.24) is 0 Å². The lowest BCUT2D eigenvalue weighted by Gasteiger charge is -2.31. The van der Waals surface area contributed by atoms with Gasteiger partial charge in [-0.25, -0.2) is 0 Å². The Morgan fingerprint density at radius 1 is 1.50 bits per heavy atom. The number of nitrogens with zero attached hydrogens (tertiary/aromatic N) is 1. The van der Waals surface area contributed by atoms with Gasteiger partial charge in [0.15, 0.2) is 0 Å². The number of benzene rings is 1. The van der Waals surface area contributed by atoms with E-state index in [0.717, 1.165) is 30.3 Å². The summed E-state index contributed by atoms with van der Waals surface area (Å²) in [6.45, 7) is 5.15. The Morgan fingerprint density at radius 3 is 2.85 bits per heavy atom. The summed E-state index contributed by atoms with van der Waals surface area (Å²) in [5.41, 5.74) is 8.74. The fraction of sp³-hybridized carbons (Fsp3) is 0.625. The lowest BCUT2D eigenvalue weighted by atomic mass is 10.0. The average Bonchev–Trinajstić information content (AvgIpc) is 2.84. The Morgan fingerprint density at radius 2 is 2.25 bits per heavy atom. The molecule has 1 aliphatic heterocycles. The van der Waals surface area contributed by atoms with E-state index in [1.807, 2.05) is 0 Å². The van der Waals surface area contributed by atoms with Crippen LogP contribution in [-0.4, -0.2) is 31.8 Å². The molecule has 1 aromatic carbocycles. The molecule has 0 aliphatic carbocycles. The molecule has 1 fully saturated rings. The molecule has 2 N–H and O–H groups in total. The highest BCUT2D eigenvalue weighted by Gasteiger charge is 2.29. The summed E-state index contributed by atoms with van der Waals surface area (Å²) in [5, 5.41) is 0. The van der Waals surface area contributed by atoms with Gasteiger partial charge in [0.2, 0.25) is 0 Å². The first kappa shape index (κ1) is 15.8. The molecule has 1 aliphatic rings. The van der Waals surface area contributed by atoms with Crippen LogP contribution in [0.3, 0.4) is 0 Å². The molecule has 4 heteroatoms. The summed E-state index contributed by atoms with van der Waals surface area (Å²) >= 11 is 3.57. The summed E-state index contributed by atoms with van der Waals surface area (Å²) < 4.78 is 6.81. The minimum Gasteiger partial charge on any atom is -0.376 e. The molecule has 2 rings (SSSR count). The van der Waals surface area contributed by atoms with Crippen molar-refractivity contribution in [3.63, 3.8) is 0 Å². The van der Waals surface area contributed by atoms with E-state index in [1.54, 1.807) is 0 Å². The van der Waals surface area contributed by atoms with Gasteiger partial charge in [-0.2, -0.15) is 0 Å². The first-order valence-corrected chi connectivity index (χ1v) is 8.20. The third-order valence-electron chi connectivity index (χ3n) is 4.26. The Hall–Kier alpha value is -0.580. The summed E-state index contributed by atoms with van der Waals surface area (Å²) in [6, 6.07) is 7.16. The number of hydrogen-bond donors (Lipinski definition) is 1. The van der Waals surface area contributed by atoms with Crippen LogP contribution in [-0.2, 0) is 11.2 Å². The standard InChI is InChI=1S/C16H25BrN2O/c1-4-14(18)10-12-9-13(17)5-6-16(12)19(3)15-7-8-20-11(15)2/h5-6,9,11,14-15H,4,7-8,10,18H2,1-3H3. The van der Waals surface area contributed by atoms with Crippen molar-refractivity contribution < 1.29 is 4.74 Å². The van der Waals surface area contributed by atoms with Gasteiger partial charge in [-0.3, -0.25) is 0 Å². The normalized spacial score (nSPS) is 23.9. The van der Waals surface area contributed by atoms with E-state index < -0.39 is 0 Å². The fourth-order valence-electron chi connectivity index (χ4n) is 2.90. The molecule has 0 bridgehead atoms. The second kappa shape index (κ2) is 6.92. The van der Waals surface area contributed by atoms with Crippen LogP contribution in [0, 0.1) is 0 Å². The van der Waals surface area contributed by atoms with Gasteiger partial charge < -0.3 is 15.4 Å². The van der Waals surface area contributed by atoms with Crippen molar-refractivity contribution in [1.29, 1.82) is 0 Å². The van der Waals surface area contributed by atoms with Crippen LogP contribution in [0.25, 0.3) is 0 Å². The molecular formula is C16H25BrN2O. The Kier molecular flexibility index (Phi) is 5.47. The van der Waals surface area contributed by atoms with Gasteiger partial charge in [-0.1, -0.05) is 22.9 Å². The molecular weight excluding hydrogens is 316 g/mol. The highest BCUT2D eigenvalue weighted by molar-refractivity contribution is 9.10. The highest BCUT2D eigenvalue weighted by Crippen LogP contribution is 2.30. The predicted molar refractivity (Wildman–Crippen MR) is 88.3 cm³/mol. The number of halogens is 1. The van der Waals surface area contributed by atoms with E-state index in [2.05, 4.69) is 59.9 Å². The number of hydrogen-bond acceptors (Lipinski definition) is 3. The van der Waals surface area contributed by atoms with Crippen molar-refractivity contribution in [2.24, 2.45) is 5.73 Å². The van der Waals surface area contributed by atoms with Crippen LogP contribution in [0.4, 0.5) is 5.69 Å². The molecule has 0 amide bonds. The number of anilines is 1. The molecule has 1 heterocycles. The van der Waals surface area contributed by atoms with Crippen LogP contribution in [0.1, 0.15) is 32.3 Å². The van der Waals surface area contributed by atoms with Crippen molar-refractivity contribution in [3.05, 3.63) is 28.2 Å². The SMILES string of the molecule is CCC(N)Cc1cc(Br)ccc1N(C)C1CCOC1C. The summed E-state index contributed by atoms with van der Waals surface area (Å²) in [6.07, 6.45) is 3.29. The van der Waals surface area contributed by atoms with Crippen LogP contribution >= 0.6 is 15.9 Å². The molecule has 3 atom stereocenters. The monoisotopic (exact) mass is 340 g/mol. The van der Waals surface area contributed by atoms with Crippen molar-refractivity contribution in [3.8, 4) is 0 Å². The fourth-order valence-corrected chi connectivity index (χ4v) is 3.30. The molecule has 1 saturated heterocycles. The van der Waals surface area contributed by atoms with E-state index in [4.69, 9.17) is 10.5 Å². The Labute approximate surface area is 130 Å². The van der Waals surface area contributed by atoms with Crippen molar-refractivity contribution in [2.45, 2.75) is 51.3 Å². The van der Waals surface area contributed by atoms with Gasteiger partial charge in [0.1, 0.15) is 0 Å². The van der Waals surface area contributed by atoms with E-state index in [1.165, 1.54) is 11.3 Å². The number of nitrogens with two attached hydrogens (primary N) is 1. The molecule has 20 heavy (non-hydrogen) atoms. The average molecular weight is 341 g/mol. The van der Waals surface area contributed by atoms with Crippen LogP contribution in [0.15, 0.2) is 22.7 Å². The first-order chi connectivity index (χ1) is 9.52. The topological polar surface area (TPSA) is 38.5 Å². The summed E-state index contributed by atoms with van der Waals surface area (Å²) in [5.74, 6) is 0. The van der Waals surface area contributed by atoms with Gasteiger partial charge in [0, 0.05) is 29.9 Å². The third kappa shape index (κ3) is 3.54. The van der Waals surface area contributed by atoms with Crippen LogP contribution in [0.5, 0.6) is 0 Å². The first-order valence-electron chi connectivity index (χ1n) is 7.41. The van der Waals surface area contributed by atoms with E-state index in [9.17, 15) is 0 Å².